The van der Waals surface area contributed by atoms with Crippen LogP contribution in [0.3, 0.4) is 0 Å². The van der Waals surface area contributed by atoms with E-state index < -0.39 is 0 Å². The van der Waals surface area contributed by atoms with E-state index in [2.05, 4.69) is 4.98 Å². The Hall–Kier alpha value is -1.98. The number of fused-ring (bicyclic) bond motifs is 1. The first-order valence-corrected chi connectivity index (χ1v) is 10.0. The molecule has 1 atom stereocenters. The summed E-state index contributed by atoms with van der Waals surface area (Å²) in [5.74, 6) is 1.74. The molecular formula is C20H28N4O2. The highest BCUT2D eigenvalue weighted by Crippen LogP contribution is 2.34. The van der Waals surface area contributed by atoms with Gasteiger partial charge in [0.1, 0.15) is 0 Å². The Bertz CT molecular complexity index is 699. The Morgan fingerprint density at radius 2 is 1.96 bits per heavy atom. The van der Waals surface area contributed by atoms with E-state index in [4.69, 9.17) is 4.98 Å². The number of hydrogen-bond donors (Lipinski definition) is 0. The molecule has 0 radical (unpaired) electrons. The standard InChI is InChI=1S/C20H28N4O2/c1-14(25)23-10-8-17-16(13-23)12-21-20(22-17)18-7-4-9-24(18)19(26)11-15-5-2-3-6-15/h12,15,18H,2-11,13H2,1H3/t18-/m0/s1. The number of likely N-dealkylation sites (tertiary alicyclic amines) is 1. The lowest BCUT2D eigenvalue weighted by Gasteiger charge is -2.29. The normalized spacial score (nSPS) is 23.3. The average Bonchev–Trinajstić information content (AvgIpc) is 3.32. The lowest BCUT2D eigenvalue weighted by molar-refractivity contribution is -0.133. The third-order valence-electron chi connectivity index (χ3n) is 6.21. The Kier molecular flexibility index (Phi) is 4.92. The third kappa shape index (κ3) is 3.46. The van der Waals surface area contributed by atoms with Gasteiger partial charge < -0.3 is 9.80 Å². The third-order valence-corrected chi connectivity index (χ3v) is 6.21. The van der Waals surface area contributed by atoms with Crippen LogP contribution in [0.2, 0.25) is 0 Å². The van der Waals surface area contributed by atoms with Crippen molar-refractivity contribution in [3.63, 3.8) is 0 Å². The molecule has 0 N–H and O–H groups in total. The summed E-state index contributed by atoms with van der Waals surface area (Å²) < 4.78 is 0. The minimum Gasteiger partial charge on any atom is -0.338 e. The van der Waals surface area contributed by atoms with Gasteiger partial charge >= 0.3 is 0 Å². The molecular weight excluding hydrogens is 328 g/mol. The minimum absolute atomic E-state index is 0.0278. The van der Waals surface area contributed by atoms with Gasteiger partial charge in [-0.3, -0.25) is 9.59 Å². The van der Waals surface area contributed by atoms with Gasteiger partial charge in [-0.25, -0.2) is 9.97 Å². The Balaban J connectivity index is 1.48. The molecule has 1 aliphatic carbocycles. The molecule has 3 aliphatic rings. The van der Waals surface area contributed by atoms with Crippen LogP contribution in [0, 0.1) is 5.92 Å². The summed E-state index contributed by atoms with van der Waals surface area (Å²) in [7, 11) is 0. The van der Waals surface area contributed by atoms with Crippen LogP contribution < -0.4 is 0 Å². The van der Waals surface area contributed by atoms with Gasteiger partial charge in [-0.1, -0.05) is 12.8 Å². The van der Waals surface area contributed by atoms with Crippen LogP contribution >= 0.6 is 0 Å². The largest absolute Gasteiger partial charge is 0.338 e. The highest BCUT2D eigenvalue weighted by molar-refractivity contribution is 5.77. The minimum atomic E-state index is 0.0278. The van der Waals surface area contributed by atoms with E-state index in [1.165, 1.54) is 25.7 Å². The molecule has 4 rings (SSSR count). The monoisotopic (exact) mass is 356 g/mol. The Labute approximate surface area is 155 Å². The van der Waals surface area contributed by atoms with E-state index in [1.54, 1.807) is 6.92 Å². The van der Waals surface area contributed by atoms with Crippen molar-refractivity contribution >= 4 is 11.8 Å². The smallest absolute Gasteiger partial charge is 0.223 e. The summed E-state index contributed by atoms with van der Waals surface area (Å²) in [6.45, 7) is 3.75. The Morgan fingerprint density at radius 1 is 1.15 bits per heavy atom. The predicted octanol–water partition coefficient (Wildman–Crippen LogP) is 2.63. The number of aromatic nitrogens is 2. The van der Waals surface area contributed by atoms with Crippen LogP contribution in [0.1, 0.15) is 75.0 Å². The van der Waals surface area contributed by atoms with E-state index in [9.17, 15) is 9.59 Å². The van der Waals surface area contributed by atoms with Crippen molar-refractivity contribution in [3.8, 4) is 0 Å². The first-order chi connectivity index (χ1) is 12.6. The quantitative estimate of drug-likeness (QED) is 0.835. The SMILES string of the molecule is CC(=O)N1CCc2nc([C@@H]3CCCN3C(=O)CC3CCCC3)ncc2C1. The van der Waals surface area contributed by atoms with Gasteiger partial charge in [0.15, 0.2) is 5.82 Å². The van der Waals surface area contributed by atoms with Gasteiger partial charge in [0.05, 0.1) is 11.7 Å². The first kappa shape index (κ1) is 17.4. The maximum absolute atomic E-state index is 12.8. The molecule has 1 aromatic heterocycles. The van der Waals surface area contributed by atoms with Crippen molar-refractivity contribution in [2.75, 3.05) is 13.1 Å². The molecule has 1 aromatic rings. The zero-order valence-electron chi connectivity index (χ0n) is 15.6. The van der Waals surface area contributed by atoms with Gasteiger partial charge in [0.25, 0.3) is 0 Å². The van der Waals surface area contributed by atoms with Gasteiger partial charge in [0, 0.05) is 51.2 Å². The fraction of sp³-hybridized carbons (Fsp3) is 0.700. The molecule has 2 amide bonds. The fourth-order valence-corrected chi connectivity index (χ4v) is 4.67. The summed E-state index contributed by atoms with van der Waals surface area (Å²) >= 11 is 0. The fourth-order valence-electron chi connectivity index (χ4n) is 4.67. The molecule has 1 saturated carbocycles. The topological polar surface area (TPSA) is 66.4 Å². The summed E-state index contributed by atoms with van der Waals surface area (Å²) in [4.78, 5) is 37.7. The summed E-state index contributed by atoms with van der Waals surface area (Å²) in [5, 5.41) is 0. The maximum atomic E-state index is 12.8. The molecule has 6 nitrogen and oxygen atoms in total. The van der Waals surface area contributed by atoms with Crippen molar-refractivity contribution in [2.24, 2.45) is 5.92 Å². The lowest BCUT2D eigenvalue weighted by Crippen LogP contribution is -2.36. The van der Waals surface area contributed by atoms with Crippen molar-refractivity contribution in [3.05, 3.63) is 23.3 Å². The summed E-state index contributed by atoms with van der Waals surface area (Å²) in [6.07, 6.45) is 10.2. The van der Waals surface area contributed by atoms with E-state index in [0.29, 0.717) is 25.4 Å². The molecule has 3 heterocycles. The second-order valence-corrected chi connectivity index (χ2v) is 7.99. The summed E-state index contributed by atoms with van der Waals surface area (Å²) in [5.41, 5.74) is 2.08. The lowest BCUT2D eigenvalue weighted by atomic mass is 10.0. The van der Waals surface area contributed by atoms with Crippen molar-refractivity contribution in [1.29, 1.82) is 0 Å². The van der Waals surface area contributed by atoms with Gasteiger partial charge in [-0.2, -0.15) is 0 Å². The second-order valence-electron chi connectivity index (χ2n) is 7.99. The molecule has 1 saturated heterocycles. The number of carbonyl (C=O) groups excluding carboxylic acids is 2. The van der Waals surface area contributed by atoms with E-state index in [1.807, 2.05) is 16.0 Å². The molecule has 2 aliphatic heterocycles. The molecule has 2 fully saturated rings. The molecule has 140 valence electrons. The van der Waals surface area contributed by atoms with Crippen LogP contribution in [0.15, 0.2) is 6.20 Å². The van der Waals surface area contributed by atoms with Gasteiger partial charge in [0.2, 0.25) is 11.8 Å². The van der Waals surface area contributed by atoms with Gasteiger partial charge in [-0.05, 0) is 31.6 Å². The highest BCUT2D eigenvalue weighted by atomic mass is 16.2. The molecule has 0 spiro atoms. The zero-order valence-corrected chi connectivity index (χ0v) is 15.6. The van der Waals surface area contributed by atoms with Crippen molar-refractivity contribution in [1.82, 2.24) is 19.8 Å². The van der Waals surface area contributed by atoms with E-state index in [-0.39, 0.29) is 17.9 Å². The number of nitrogens with zero attached hydrogens (tertiary/aromatic N) is 4. The maximum Gasteiger partial charge on any atom is 0.223 e. The van der Waals surface area contributed by atoms with Crippen LogP contribution in [-0.2, 0) is 22.6 Å². The zero-order chi connectivity index (χ0) is 18.1. The molecule has 0 unspecified atom stereocenters. The van der Waals surface area contributed by atoms with E-state index >= 15 is 0 Å². The Morgan fingerprint density at radius 3 is 2.73 bits per heavy atom. The first-order valence-electron chi connectivity index (χ1n) is 10.0. The van der Waals surface area contributed by atoms with Crippen LogP contribution in [0.25, 0.3) is 0 Å². The van der Waals surface area contributed by atoms with Crippen LogP contribution in [0.4, 0.5) is 0 Å². The summed E-state index contributed by atoms with van der Waals surface area (Å²) in [6, 6.07) is 0.0278. The molecule has 26 heavy (non-hydrogen) atoms. The van der Waals surface area contributed by atoms with E-state index in [0.717, 1.165) is 42.9 Å². The van der Waals surface area contributed by atoms with Crippen LogP contribution in [-0.4, -0.2) is 44.7 Å². The van der Waals surface area contributed by atoms with Gasteiger partial charge in [-0.15, -0.1) is 0 Å². The number of rotatable bonds is 3. The molecule has 0 bridgehead atoms. The highest BCUT2D eigenvalue weighted by Gasteiger charge is 2.34. The number of hydrogen-bond acceptors (Lipinski definition) is 4. The van der Waals surface area contributed by atoms with Crippen molar-refractivity contribution in [2.45, 2.75) is 70.9 Å². The van der Waals surface area contributed by atoms with Crippen molar-refractivity contribution < 1.29 is 9.59 Å². The molecule has 6 heteroatoms. The number of amides is 2. The number of carbonyl (C=O) groups is 2. The average molecular weight is 356 g/mol. The van der Waals surface area contributed by atoms with Crippen LogP contribution in [0.5, 0.6) is 0 Å². The molecule has 0 aromatic carbocycles. The predicted molar refractivity (Wildman–Crippen MR) is 97.1 cm³/mol. The second kappa shape index (κ2) is 7.33.